The van der Waals surface area contributed by atoms with Gasteiger partial charge in [-0.2, -0.15) is 5.10 Å². The van der Waals surface area contributed by atoms with Crippen LogP contribution in [0.2, 0.25) is 0 Å². The second kappa shape index (κ2) is 14.8. The van der Waals surface area contributed by atoms with E-state index in [0.717, 1.165) is 11.8 Å². The van der Waals surface area contributed by atoms with E-state index in [9.17, 15) is 34.1 Å². The van der Waals surface area contributed by atoms with E-state index in [1.807, 2.05) is 0 Å². The first-order valence-electron chi connectivity index (χ1n) is 11.0. The summed E-state index contributed by atoms with van der Waals surface area (Å²) in [5.41, 5.74) is 7.49. The van der Waals surface area contributed by atoms with Gasteiger partial charge in [0.05, 0.1) is 22.3 Å². The van der Waals surface area contributed by atoms with Gasteiger partial charge in [0.25, 0.3) is 5.69 Å². The number of rotatable bonds is 15. The number of nitrogens with zero attached hydrogens (tertiary/aromatic N) is 2. The summed E-state index contributed by atoms with van der Waals surface area (Å²) in [4.78, 5) is 69.3. The molecule has 1 aromatic heterocycles. The van der Waals surface area contributed by atoms with Gasteiger partial charge in [0.15, 0.2) is 5.76 Å². The van der Waals surface area contributed by atoms with Gasteiger partial charge < -0.3 is 31.0 Å². The van der Waals surface area contributed by atoms with Crippen LogP contribution in [-0.2, 0) is 19.2 Å². The minimum absolute atomic E-state index is 0.0173. The van der Waals surface area contributed by atoms with Crippen LogP contribution in [0.4, 0.5) is 5.69 Å². The summed E-state index contributed by atoms with van der Waals surface area (Å²) in [5.74, 6) is -5.06. The Bertz CT molecular complexity index is 1250. The lowest BCUT2D eigenvalue weighted by molar-refractivity contribution is -0.387. The van der Waals surface area contributed by atoms with E-state index in [-0.39, 0.29) is 40.5 Å². The van der Waals surface area contributed by atoms with E-state index in [1.54, 1.807) is 0 Å². The molecular weight excluding hydrogens is 540 g/mol. The quantitative estimate of drug-likeness (QED) is 0.0718. The van der Waals surface area contributed by atoms with Gasteiger partial charge in [-0.25, -0.2) is 5.43 Å². The molecule has 17 heteroatoms. The molecule has 3 amide bonds. The molecule has 2 atom stereocenters. The van der Waals surface area contributed by atoms with Gasteiger partial charge in [-0.15, -0.1) is 11.8 Å². The molecule has 0 bridgehead atoms. The molecule has 0 aliphatic carbocycles. The first-order chi connectivity index (χ1) is 18.5. The van der Waals surface area contributed by atoms with Gasteiger partial charge >= 0.3 is 17.8 Å². The normalized spacial score (nSPS) is 12.3. The van der Waals surface area contributed by atoms with Gasteiger partial charge in [0.1, 0.15) is 18.6 Å². The number of hydrogen-bond donors (Lipinski definition) is 6. The minimum atomic E-state index is -1.33. The first kappa shape index (κ1) is 30.5. The Balaban J connectivity index is 2.10. The predicted molar refractivity (Wildman–Crippen MR) is 135 cm³/mol. The summed E-state index contributed by atoms with van der Waals surface area (Å²) in [6.07, 6.45) is 1.94. The summed E-state index contributed by atoms with van der Waals surface area (Å²) in [7, 11) is 0. The Morgan fingerprint density at radius 3 is 2.56 bits per heavy atom. The van der Waals surface area contributed by atoms with Crippen molar-refractivity contribution in [2.45, 2.75) is 29.8 Å². The third kappa shape index (κ3) is 10.3. The molecule has 2 aromatic rings. The zero-order valence-corrected chi connectivity index (χ0v) is 20.9. The number of nitrogens with two attached hydrogens (primary N) is 1. The Morgan fingerprint density at radius 1 is 1.21 bits per heavy atom. The summed E-state index contributed by atoms with van der Waals surface area (Å²) in [6.45, 7) is -0.732. The number of nitro groups is 1. The number of carboxylic acids is 2. The number of hydrogen-bond acceptors (Lipinski definition) is 11. The standard InChI is InChI=1S/C22H24N6O10S/c23-13(22(34)35)4-6-18(29)26-14(20(32)24-10-19(30)31)11-39-17-5-3-12(8-15(17)28(36)37)9-25-27-21(33)16-2-1-7-38-16/h1-3,5,7-9,13-14H,4,6,10-11,23H2,(H,24,32)(H,26,29)(H,27,33)(H,30,31)(H,34,35)/b25-9+/t13-,14-/m0/s1. The van der Waals surface area contributed by atoms with Gasteiger partial charge in [-0.1, -0.05) is 6.07 Å². The number of carbonyl (C=O) groups excluding carboxylic acids is 3. The molecule has 2 rings (SSSR count). The average Bonchev–Trinajstić information content (AvgIpc) is 3.43. The van der Waals surface area contributed by atoms with Crippen LogP contribution >= 0.6 is 11.8 Å². The van der Waals surface area contributed by atoms with Crippen molar-refractivity contribution < 1.29 is 43.5 Å². The Kier molecular flexibility index (Phi) is 11.6. The van der Waals surface area contributed by atoms with Crippen LogP contribution < -0.4 is 21.8 Å². The van der Waals surface area contributed by atoms with E-state index in [0.29, 0.717) is 0 Å². The fourth-order valence-corrected chi connectivity index (χ4v) is 3.85. The number of aliphatic carboxylic acids is 2. The highest BCUT2D eigenvalue weighted by molar-refractivity contribution is 7.99. The summed E-state index contributed by atoms with van der Waals surface area (Å²) >= 11 is 0.843. The van der Waals surface area contributed by atoms with Gasteiger partial charge in [0.2, 0.25) is 11.8 Å². The number of carboxylic acid groups (broad SMARTS) is 2. The van der Waals surface area contributed by atoms with E-state index in [2.05, 4.69) is 21.2 Å². The molecule has 16 nitrogen and oxygen atoms in total. The molecule has 208 valence electrons. The number of nitro benzene ring substituents is 1. The van der Waals surface area contributed by atoms with Crippen LogP contribution in [-0.4, -0.2) is 75.4 Å². The summed E-state index contributed by atoms with van der Waals surface area (Å²) in [5, 5.41) is 37.5. The SMILES string of the molecule is N[C@@H](CCC(=O)N[C@@H](CSc1ccc(/C=N/NC(=O)c2ccco2)cc1[N+](=O)[O-])C(=O)NCC(=O)O)C(=O)O. The number of thioether (sulfide) groups is 1. The molecule has 7 N–H and O–H groups in total. The largest absolute Gasteiger partial charge is 0.480 e. The molecule has 0 saturated heterocycles. The number of hydrazone groups is 1. The van der Waals surface area contributed by atoms with Crippen LogP contribution in [0.25, 0.3) is 0 Å². The van der Waals surface area contributed by atoms with Crippen molar-refractivity contribution in [1.29, 1.82) is 0 Å². The monoisotopic (exact) mass is 564 g/mol. The maximum atomic E-state index is 12.5. The minimum Gasteiger partial charge on any atom is -0.480 e. The van der Waals surface area contributed by atoms with Gasteiger partial charge in [0, 0.05) is 23.8 Å². The van der Waals surface area contributed by atoms with Crippen molar-refractivity contribution in [3.05, 3.63) is 58.0 Å². The Hall–Kier alpha value is -4.77. The fraction of sp³-hybridized carbons (Fsp3) is 0.273. The van der Waals surface area contributed by atoms with Crippen LogP contribution in [0.3, 0.4) is 0 Å². The maximum Gasteiger partial charge on any atom is 0.322 e. The van der Waals surface area contributed by atoms with Crippen molar-refractivity contribution in [2.75, 3.05) is 12.3 Å². The molecule has 0 fully saturated rings. The maximum absolute atomic E-state index is 12.5. The molecule has 0 unspecified atom stereocenters. The summed E-state index contributed by atoms with van der Waals surface area (Å²) < 4.78 is 4.92. The van der Waals surface area contributed by atoms with Crippen LogP contribution in [0.5, 0.6) is 0 Å². The zero-order chi connectivity index (χ0) is 28.9. The molecule has 0 radical (unpaired) electrons. The number of benzene rings is 1. The molecule has 0 spiro atoms. The Morgan fingerprint density at radius 2 is 1.95 bits per heavy atom. The molecule has 0 aliphatic rings. The number of amides is 3. The van der Waals surface area contributed by atoms with Crippen molar-refractivity contribution in [2.24, 2.45) is 10.8 Å². The third-order valence-electron chi connectivity index (χ3n) is 4.78. The lowest BCUT2D eigenvalue weighted by Crippen LogP contribution is -2.49. The van der Waals surface area contributed by atoms with Crippen molar-refractivity contribution in [1.82, 2.24) is 16.1 Å². The number of carbonyl (C=O) groups is 5. The second-order valence-corrected chi connectivity index (χ2v) is 8.75. The third-order valence-corrected chi connectivity index (χ3v) is 5.93. The zero-order valence-electron chi connectivity index (χ0n) is 20.1. The first-order valence-corrected chi connectivity index (χ1v) is 12.0. The molecule has 0 aliphatic heterocycles. The molecule has 0 saturated carbocycles. The fourth-order valence-electron chi connectivity index (χ4n) is 2.83. The highest BCUT2D eigenvalue weighted by atomic mass is 32.2. The highest BCUT2D eigenvalue weighted by Crippen LogP contribution is 2.30. The van der Waals surface area contributed by atoms with Crippen LogP contribution in [0.1, 0.15) is 29.0 Å². The van der Waals surface area contributed by atoms with Crippen LogP contribution in [0.15, 0.2) is 51.0 Å². The van der Waals surface area contributed by atoms with E-state index >= 15 is 0 Å². The smallest absolute Gasteiger partial charge is 0.322 e. The Labute approximate surface area is 224 Å². The van der Waals surface area contributed by atoms with Gasteiger partial charge in [-0.05, 0) is 24.6 Å². The lowest BCUT2D eigenvalue weighted by Gasteiger charge is -2.18. The molecule has 1 heterocycles. The van der Waals surface area contributed by atoms with Crippen LogP contribution in [0, 0.1) is 10.1 Å². The number of nitrogens with one attached hydrogen (secondary N) is 3. The lowest BCUT2D eigenvalue weighted by atomic mass is 10.1. The number of furan rings is 1. The van der Waals surface area contributed by atoms with Crippen molar-refractivity contribution in [3.8, 4) is 0 Å². The molecule has 39 heavy (non-hydrogen) atoms. The average molecular weight is 565 g/mol. The van der Waals surface area contributed by atoms with E-state index in [1.165, 1.54) is 42.8 Å². The molecular formula is C22H24N6O10S. The van der Waals surface area contributed by atoms with Gasteiger partial charge in [-0.3, -0.25) is 34.1 Å². The van der Waals surface area contributed by atoms with Crippen molar-refractivity contribution in [3.63, 3.8) is 0 Å². The summed E-state index contributed by atoms with van der Waals surface area (Å²) in [6, 6.07) is 4.34. The van der Waals surface area contributed by atoms with Crippen molar-refractivity contribution >= 4 is 53.3 Å². The highest BCUT2D eigenvalue weighted by Gasteiger charge is 2.24. The second-order valence-electron chi connectivity index (χ2n) is 7.69. The van der Waals surface area contributed by atoms with E-state index < -0.39 is 53.2 Å². The molecule has 1 aromatic carbocycles. The predicted octanol–water partition coefficient (Wildman–Crippen LogP) is -0.0785. The topological polar surface area (TPSA) is 257 Å². The van der Waals surface area contributed by atoms with E-state index in [4.69, 9.17) is 20.4 Å².